The highest BCUT2D eigenvalue weighted by Crippen LogP contribution is 2.45. The Morgan fingerprint density at radius 2 is 1.78 bits per heavy atom. The van der Waals surface area contributed by atoms with Gasteiger partial charge < -0.3 is 18.8 Å². The van der Waals surface area contributed by atoms with Crippen molar-refractivity contribution in [3.8, 4) is 33.9 Å². The van der Waals surface area contributed by atoms with Crippen LogP contribution in [0, 0.1) is 13.8 Å². The summed E-state index contributed by atoms with van der Waals surface area (Å²) in [5.41, 5.74) is 8.56. The molecule has 3 aromatic rings. The van der Waals surface area contributed by atoms with Crippen molar-refractivity contribution in [3.63, 3.8) is 0 Å². The first-order valence-corrected chi connectivity index (χ1v) is 11.4. The van der Waals surface area contributed by atoms with Crippen molar-refractivity contribution in [2.24, 2.45) is 0 Å². The summed E-state index contributed by atoms with van der Waals surface area (Å²) in [4.78, 5) is 9.18. The Hall–Kier alpha value is -2.49. The third-order valence-corrected chi connectivity index (χ3v) is 6.41. The van der Waals surface area contributed by atoms with Crippen molar-refractivity contribution in [1.82, 2.24) is 4.57 Å². The third kappa shape index (κ3) is 4.51. The minimum absolute atomic E-state index is 0.431. The number of hydrogen-bond donors (Lipinski definition) is 0. The lowest BCUT2D eigenvalue weighted by Crippen LogP contribution is -2.12. The lowest BCUT2D eigenvalue weighted by molar-refractivity contribution is -0.128. The summed E-state index contributed by atoms with van der Waals surface area (Å²) in [7, 11) is 6.06. The quantitative estimate of drug-likeness (QED) is 0.370. The largest absolute Gasteiger partial charge is 0.493 e. The molecule has 0 saturated heterocycles. The molecule has 0 saturated carbocycles. The van der Waals surface area contributed by atoms with Crippen molar-refractivity contribution in [1.29, 1.82) is 0 Å². The van der Waals surface area contributed by atoms with Gasteiger partial charge in [0.25, 0.3) is 6.47 Å². The van der Waals surface area contributed by atoms with Crippen LogP contribution in [0.2, 0.25) is 5.02 Å². The van der Waals surface area contributed by atoms with Crippen molar-refractivity contribution in [2.75, 3.05) is 20.8 Å². The number of nitrogens with zero attached hydrogens (tertiary/aromatic N) is 1. The van der Waals surface area contributed by atoms with Gasteiger partial charge in [0.1, 0.15) is 0 Å². The number of carbonyl (C=O) groups excluding carboxylic acids is 1. The Kier molecular flexibility index (Phi) is 7.86. The van der Waals surface area contributed by atoms with Gasteiger partial charge in [-0.2, -0.15) is 0 Å². The molecule has 1 aliphatic rings. The van der Waals surface area contributed by atoms with Crippen LogP contribution in [0.3, 0.4) is 0 Å². The maximum absolute atomic E-state index is 9.18. The summed E-state index contributed by atoms with van der Waals surface area (Å²) in [6.45, 7) is 7.98. The van der Waals surface area contributed by atoms with Crippen LogP contribution in [0.1, 0.15) is 23.7 Å². The molecule has 2 heterocycles. The Balaban J connectivity index is 0.000000523. The van der Waals surface area contributed by atoms with Crippen LogP contribution in [-0.2, 0) is 22.5 Å². The van der Waals surface area contributed by atoms with Gasteiger partial charge in [0.2, 0.25) is 0 Å². The van der Waals surface area contributed by atoms with E-state index in [2.05, 4.69) is 56.7 Å². The van der Waals surface area contributed by atoms with Crippen molar-refractivity contribution in [3.05, 3.63) is 52.2 Å². The zero-order chi connectivity index (χ0) is 23.4. The highest BCUT2D eigenvalue weighted by molar-refractivity contribution is 7.27. The van der Waals surface area contributed by atoms with Crippen LogP contribution in [0.4, 0.5) is 0 Å². The second-order valence-electron chi connectivity index (χ2n) is 7.49. The smallest absolute Gasteiger partial charge is 0.293 e. The van der Waals surface area contributed by atoms with E-state index >= 15 is 0 Å². The molecule has 1 aliphatic heterocycles. The molecule has 4 rings (SSSR count). The van der Waals surface area contributed by atoms with Crippen molar-refractivity contribution < 1.29 is 19.0 Å². The number of aryl methyl sites for hydroxylation is 1. The molecule has 0 amide bonds. The van der Waals surface area contributed by atoms with Gasteiger partial charge in [-0.15, -0.1) is 9.24 Å². The summed E-state index contributed by atoms with van der Waals surface area (Å²) in [5.74, 6) is 1.54. The Labute approximate surface area is 196 Å². The number of fused-ring (bicyclic) bond motifs is 3. The van der Waals surface area contributed by atoms with E-state index in [0.29, 0.717) is 13.1 Å². The predicted octanol–water partition coefficient (Wildman–Crippen LogP) is 5.35. The number of rotatable bonds is 5. The first-order valence-electron chi connectivity index (χ1n) is 10.4. The van der Waals surface area contributed by atoms with Gasteiger partial charge >= 0.3 is 0 Å². The van der Waals surface area contributed by atoms with Crippen LogP contribution < -0.4 is 14.8 Å². The van der Waals surface area contributed by atoms with Gasteiger partial charge in [-0.3, -0.25) is 4.79 Å². The highest BCUT2D eigenvalue weighted by Gasteiger charge is 2.27. The second kappa shape index (κ2) is 10.4. The van der Waals surface area contributed by atoms with Gasteiger partial charge in [-0.25, -0.2) is 0 Å². The number of hydrogen-bond acceptors (Lipinski definition) is 4. The molecule has 32 heavy (non-hydrogen) atoms. The van der Waals surface area contributed by atoms with Crippen LogP contribution in [0.5, 0.6) is 11.5 Å². The molecule has 0 radical (unpaired) electrons. The fourth-order valence-corrected chi connectivity index (χ4v) is 4.95. The van der Waals surface area contributed by atoms with Crippen molar-refractivity contribution >= 4 is 32.6 Å². The molecule has 0 aliphatic carbocycles. The average molecular weight is 474 g/mol. The molecule has 1 atom stereocenters. The minimum atomic E-state index is 0.431. The van der Waals surface area contributed by atoms with Crippen LogP contribution in [-0.4, -0.2) is 31.9 Å². The number of aromatic nitrogens is 1. The molecule has 7 heteroatoms. The lowest BCUT2D eigenvalue weighted by atomic mass is 9.94. The molecule has 5 nitrogen and oxygen atoms in total. The van der Waals surface area contributed by atoms with Crippen LogP contribution in [0.15, 0.2) is 30.3 Å². The summed E-state index contributed by atoms with van der Waals surface area (Å²) < 4.78 is 17.6. The first-order chi connectivity index (χ1) is 15.4. The molecule has 0 fully saturated rings. The van der Waals surface area contributed by atoms with E-state index < -0.39 is 0 Å². The van der Waals surface area contributed by atoms with Gasteiger partial charge in [0, 0.05) is 34.0 Å². The Morgan fingerprint density at radius 3 is 2.34 bits per heavy atom. The fourth-order valence-electron chi connectivity index (χ4n) is 4.30. The monoisotopic (exact) mass is 473 g/mol. The molecule has 2 aromatic carbocycles. The minimum Gasteiger partial charge on any atom is -0.493 e. The predicted molar refractivity (Wildman–Crippen MR) is 134 cm³/mol. The summed E-state index contributed by atoms with van der Waals surface area (Å²) in [6.07, 6.45) is 0.968. The zero-order valence-electron chi connectivity index (χ0n) is 19.1. The van der Waals surface area contributed by atoms with E-state index in [-0.39, 0.29) is 0 Å². The molecule has 0 spiro atoms. The summed E-state index contributed by atoms with van der Waals surface area (Å²) >= 11 is 6.60. The van der Waals surface area contributed by atoms with Crippen LogP contribution >= 0.6 is 20.8 Å². The Morgan fingerprint density at radius 1 is 1.09 bits per heavy atom. The average Bonchev–Trinajstić information content (AvgIpc) is 3.04. The zero-order valence-corrected chi connectivity index (χ0v) is 21.0. The van der Waals surface area contributed by atoms with E-state index in [0.717, 1.165) is 40.4 Å². The maximum Gasteiger partial charge on any atom is 0.293 e. The lowest BCUT2D eigenvalue weighted by Gasteiger charge is -2.23. The molecule has 0 N–H and O–H groups in total. The number of carbonyl (C=O) groups is 1. The molecular weight excluding hydrogens is 445 g/mol. The molecule has 1 unspecified atom stereocenters. The topological polar surface area (TPSA) is 49.7 Å². The third-order valence-electron chi connectivity index (χ3n) is 5.73. The Bertz CT molecular complexity index is 1140. The number of methoxy groups -OCH3 is 2. The SMILES string of the molecule is CCOC=O.COc1cc2c(cc1OC)-c1c(C)c(-c3ccc(P)cc3Cl)c(C)n1CC2. The van der Waals surface area contributed by atoms with E-state index in [9.17, 15) is 4.79 Å². The van der Waals surface area contributed by atoms with E-state index in [4.69, 9.17) is 21.1 Å². The van der Waals surface area contributed by atoms with Crippen LogP contribution in [0.25, 0.3) is 22.4 Å². The number of halogens is 1. The van der Waals surface area contributed by atoms with E-state index in [1.54, 1.807) is 21.1 Å². The summed E-state index contributed by atoms with van der Waals surface area (Å²) in [5, 5.41) is 1.87. The van der Waals surface area contributed by atoms with Gasteiger partial charge in [0.05, 0.1) is 26.5 Å². The van der Waals surface area contributed by atoms with E-state index in [1.807, 2.05) is 6.07 Å². The normalized spacial score (nSPS) is 11.6. The molecule has 170 valence electrons. The maximum atomic E-state index is 9.18. The number of benzene rings is 2. The fraction of sp³-hybridized carbons (Fsp3) is 0.320. The first kappa shape index (κ1) is 24.2. The highest BCUT2D eigenvalue weighted by atomic mass is 35.5. The van der Waals surface area contributed by atoms with E-state index in [1.165, 1.54) is 33.6 Å². The summed E-state index contributed by atoms with van der Waals surface area (Å²) in [6, 6.07) is 10.4. The molecule has 1 aromatic heterocycles. The van der Waals surface area contributed by atoms with Crippen molar-refractivity contribution in [2.45, 2.75) is 33.7 Å². The number of ether oxygens (including phenoxy) is 3. The standard InChI is InChI=1S/C22H23ClNO2P.C3H6O2/c1-12-21(16-6-5-15(27)10-18(16)23)13(2)24-8-7-14-9-19(25-3)20(26-4)11-17(14)22(12)24;1-2-5-3-4/h5-6,9-11H,7-8,27H2,1-4H3;3H,2H2,1H3. The van der Waals surface area contributed by atoms with Gasteiger partial charge in [0.15, 0.2) is 11.5 Å². The second-order valence-corrected chi connectivity index (χ2v) is 8.56. The van der Waals surface area contributed by atoms with Gasteiger partial charge in [-0.05, 0) is 61.8 Å². The molecule has 0 bridgehead atoms. The molecular formula is C25H29ClNO4P. The van der Waals surface area contributed by atoms with Gasteiger partial charge in [-0.1, -0.05) is 23.7 Å².